The zero-order valence-electron chi connectivity index (χ0n) is 12.9. The molecule has 0 aliphatic heterocycles. The molecule has 112 valence electrons. The van der Waals surface area contributed by atoms with Crippen molar-refractivity contribution >= 4 is 5.91 Å². The molecular weight excluding hydrogens is 250 g/mol. The van der Waals surface area contributed by atoms with Gasteiger partial charge >= 0.3 is 0 Å². The Morgan fingerprint density at radius 1 is 1.05 bits per heavy atom. The summed E-state index contributed by atoms with van der Waals surface area (Å²) in [5, 5.41) is 11.6. The van der Waals surface area contributed by atoms with Crippen LogP contribution >= 0.6 is 0 Å². The van der Waals surface area contributed by atoms with Gasteiger partial charge in [0.15, 0.2) is 0 Å². The van der Waals surface area contributed by atoms with Gasteiger partial charge in [0.05, 0.1) is 0 Å². The molecule has 0 spiro atoms. The van der Waals surface area contributed by atoms with Gasteiger partial charge in [-0.1, -0.05) is 45.7 Å². The number of aliphatic hydroxyl groups is 1. The first kappa shape index (κ1) is 16.7. The maximum atomic E-state index is 11.9. The summed E-state index contributed by atoms with van der Waals surface area (Å²) in [4.78, 5) is 11.9. The molecule has 0 aromatic heterocycles. The first-order chi connectivity index (χ1) is 9.45. The van der Waals surface area contributed by atoms with E-state index >= 15 is 0 Å². The second-order valence-corrected chi connectivity index (χ2v) is 6.22. The van der Waals surface area contributed by atoms with E-state index in [4.69, 9.17) is 5.11 Å². The number of rotatable bonds is 7. The van der Waals surface area contributed by atoms with Crippen molar-refractivity contribution in [1.82, 2.24) is 5.32 Å². The first-order valence-electron chi connectivity index (χ1n) is 7.45. The zero-order valence-corrected chi connectivity index (χ0v) is 12.9. The number of carbonyl (C=O) groups is 1. The van der Waals surface area contributed by atoms with Crippen LogP contribution in [0.3, 0.4) is 0 Å². The van der Waals surface area contributed by atoms with Crippen molar-refractivity contribution in [2.75, 3.05) is 13.2 Å². The molecule has 3 nitrogen and oxygen atoms in total. The van der Waals surface area contributed by atoms with Crippen LogP contribution in [0.15, 0.2) is 24.3 Å². The lowest BCUT2D eigenvalue weighted by molar-refractivity contribution is 0.0952. The van der Waals surface area contributed by atoms with Crippen LogP contribution in [0.5, 0.6) is 0 Å². The maximum Gasteiger partial charge on any atom is 0.251 e. The second kappa shape index (κ2) is 8.05. The van der Waals surface area contributed by atoms with E-state index in [1.54, 1.807) is 0 Å². The van der Waals surface area contributed by atoms with Gasteiger partial charge < -0.3 is 10.4 Å². The molecule has 0 fully saturated rings. The fourth-order valence-electron chi connectivity index (χ4n) is 2.02. The Morgan fingerprint density at radius 2 is 1.65 bits per heavy atom. The smallest absolute Gasteiger partial charge is 0.251 e. The Balaban J connectivity index is 2.37. The van der Waals surface area contributed by atoms with E-state index in [0.29, 0.717) is 12.1 Å². The Kier molecular flexibility index (Phi) is 6.73. The van der Waals surface area contributed by atoms with Crippen molar-refractivity contribution in [3.05, 3.63) is 35.4 Å². The summed E-state index contributed by atoms with van der Waals surface area (Å²) in [7, 11) is 0. The third-order valence-electron chi connectivity index (χ3n) is 3.38. The third-order valence-corrected chi connectivity index (χ3v) is 3.38. The zero-order chi connectivity index (χ0) is 15.0. The van der Waals surface area contributed by atoms with Crippen LogP contribution in [0.1, 0.15) is 62.4 Å². The highest BCUT2D eigenvalue weighted by Crippen LogP contribution is 2.22. The highest BCUT2D eigenvalue weighted by molar-refractivity contribution is 5.94. The van der Waals surface area contributed by atoms with E-state index in [1.807, 2.05) is 24.3 Å². The van der Waals surface area contributed by atoms with Crippen LogP contribution in [0.4, 0.5) is 0 Å². The van der Waals surface area contributed by atoms with Crippen LogP contribution in [0.25, 0.3) is 0 Å². The number of benzene rings is 1. The number of hydrogen-bond donors (Lipinski definition) is 2. The molecule has 0 aliphatic carbocycles. The van der Waals surface area contributed by atoms with E-state index in [1.165, 1.54) is 5.56 Å². The number of amides is 1. The Bertz CT molecular complexity index is 404. The van der Waals surface area contributed by atoms with Crippen molar-refractivity contribution < 1.29 is 9.90 Å². The van der Waals surface area contributed by atoms with Gasteiger partial charge in [-0.3, -0.25) is 4.79 Å². The minimum absolute atomic E-state index is 0.00684. The summed E-state index contributed by atoms with van der Waals surface area (Å²) in [5.74, 6) is -0.00684. The van der Waals surface area contributed by atoms with Gasteiger partial charge in [0.25, 0.3) is 5.91 Å². The molecular formula is C17H27NO2. The fraction of sp³-hybridized carbons (Fsp3) is 0.588. The van der Waals surface area contributed by atoms with Gasteiger partial charge in [0.2, 0.25) is 0 Å². The van der Waals surface area contributed by atoms with Crippen LogP contribution < -0.4 is 5.32 Å². The summed E-state index contributed by atoms with van der Waals surface area (Å²) in [6.45, 7) is 7.44. The molecule has 0 atom stereocenters. The number of carbonyl (C=O) groups excluding carboxylic acids is 1. The Morgan fingerprint density at radius 3 is 2.20 bits per heavy atom. The predicted molar refractivity (Wildman–Crippen MR) is 83.0 cm³/mol. The van der Waals surface area contributed by atoms with Gasteiger partial charge in [-0.2, -0.15) is 0 Å². The van der Waals surface area contributed by atoms with Crippen molar-refractivity contribution in [2.45, 2.75) is 51.9 Å². The minimum Gasteiger partial charge on any atom is -0.396 e. The highest BCUT2D eigenvalue weighted by Gasteiger charge is 2.14. The van der Waals surface area contributed by atoms with Crippen LogP contribution in [0, 0.1) is 0 Å². The highest BCUT2D eigenvalue weighted by atomic mass is 16.2. The van der Waals surface area contributed by atoms with Gasteiger partial charge in [0.1, 0.15) is 0 Å². The summed E-state index contributed by atoms with van der Waals surface area (Å²) in [6, 6.07) is 7.83. The first-order valence-corrected chi connectivity index (χ1v) is 7.45. The number of unbranched alkanes of at least 4 members (excludes halogenated alkanes) is 3. The summed E-state index contributed by atoms with van der Waals surface area (Å²) < 4.78 is 0. The number of nitrogens with one attached hydrogen (secondary N) is 1. The molecule has 0 saturated carbocycles. The lowest BCUT2D eigenvalue weighted by Crippen LogP contribution is -2.24. The molecule has 1 amide bonds. The Labute approximate surface area is 122 Å². The minimum atomic E-state index is -0.00684. The summed E-state index contributed by atoms with van der Waals surface area (Å²) >= 11 is 0. The van der Waals surface area contributed by atoms with Crippen LogP contribution in [0.2, 0.25) is 0 Å². The monoisotopic (exact) mass is 277 g/mol. The molecule has 0 saturated heterocycles. The molecule has 0 unspecified atom stereocenters. The van der Waals surface area contributed by atoms with Gasteiger partial charge in [-0.15, -0.1) is 0 Å². The van der Waals surface area contributed by atoms with E-state index < -0.39 is 0 Å². The van der Waals surface area contributed by atoms with Crippen LogP contribution in [-0.2, 0) is 5.41 Å². The normalized spacial score (nSPS) is 11.4. The molecule has 1 rings (SSSR count). The molecule has 3 heteroatoms. The maximum absolute atomic E-state index is 11.9. The SMILES string of the molecule is CC(C)(C)c1ccc(C(=O)NCCCCCCO)cc1. The largest absolute Gasteiger partial charge is 0.396 e. The van der Waals surface area contributed by atoms with E-state index in [2.05, 4.69) is 26.1 Å². The fourth-order valence-corrected chi connectivity index (χ4v) is 2.02. The summed E-state index contributed by atoms with van der Waals surface area (Å²) in [6.07, 6.45) is 3.88. The molecule has 0 aliphatic rings. The lowest BCUT2D eigenvalue weighted by atomic mass is 9.87. The molecule has 0 bridgehead atoms. The van der Waals surface area contributed by atoms with E-state index in [9.17, 15) is 4.79 Å². The average Bonchev–Trinajstić information content (AvgIpc) is 2.41. The topological polar surface area (TPSA) is 49.3 Å². The number of aliphatic hydroxyl groups excluding tert-OH is 1. The van der Waals surface area contributed by atoms with Crippen molar-refractivity contribution in [2.24, 2.45) is 0 Å². The van der Waals surface area contributed by atoms with Gasteiger partial charge in [0, 0.05) is 18.7 Å². The molecule has 1 aromatic carbocycles. The van der Waals surface area contributed by atoms with Crippen molar-refractivity contribution in [3.8, 4) is 0 Å². The second-order valence-electron chi connectivity index (χ2n) is 6.22. The Hall–Kier alpha value is -1.35. The molecule has 0 radical (unpaired) electrons. The lowest BCUT2D eigenvalue weighted by Gasteiger charge is -2.19. The van der Waals surface area contributed by atoms with Gasteiger partial charge in [-0.05, 0) is 36.0 Å². The molecule has 0 heterocycles. The standard InChI is InChI=1S/C17H27NO2/c1-17(2,3)15-10-8-14(9-11-15)16(20)18-12-6-4-5-7-13-19/h8-11,19H,4-7,12-13H2,1-3H3,(H,18,20). The third kappa shape index (κ3) is 5.74. The molecule has 20 heavy (non-hydrogen) atoms. The molecule has 2 N–H and O–H groups in total. The van der Waals surface area contributed by atoms with E-state index in [-0.39, 0.29) is 17.9 Å². The average molecular weight is 277 g/mol. The molecule has 1 aromatic rings. The summed E-state index contributed by atoms with van der Waals surface area (Å²) in [5.41, 5.74) is 2.06. The van der Waals surface area contributed by atoms with E-state index in [0.717, 1.165) is 25.7 Å². The quantitative estimate of drug-likeness (QED) is 0.752. The predicted octanol–water partition coefficient (Wildman–Crippen LogP) is 3.27. The number of hydrogen-bond acceptors (Lipinski definition) is 2. The van der Waals surface area contributed by atoms with Gasteiger partial charge in [-0.25, -0.2) is 0 Å². The van der Waals surface area contributed by atoms with Crippen LogP contribution in [-0.4, -0.2) is 24.2 Å². The van der Waals surface area contributed by atoms with Crippen molar-refractivity contribution in [3.63, 3.8) is 0 Å². The van der Waals surface area contributed by atoms with Crippen molar-refractivity contribution in [1.29, 1.82) is 0 Å².